The molecule has 1 aliphatic rings. The van der Waals surface area contributed by atoms with Crippen molar-refractivity contribution >= 4 is 29.1 Å². The van der Waals surface area contributed by atoms with Gasteiger partial charge in [0, 0.05) is 9.79 Å². The smallest absolute Gasteiger partial charge is 0.416 e. The number of para-hydroxylation sites is 1. The first-order valence-electron chi connectivity index (χ1n) is 6.86. The molecule has 1 heterocycles. The third kappa shape index (κ3) is 3.01. The van der Waals surface area contributed by atoms with Crippen LogP contribution < -0.4 is 5.32 Å². The Morgan fingerprint density at radius 2 is 2.00 bits per heavy atom. The summed E-state index contributed by atoms with van der Waals surface area (Å²) in [6.45, 7) is 1.92. The fourth-order valence-electron chi connectivity index (χ4n) is 2.27. The predicted octanol–water partition coefficient (Wildman–Crippen LogP) is 5.09. The van der Waals surface area contributed by atoms with E-state index in [1.807, 2.05) is 0 Å². The number of carbonyl (C=O) groups is 1. The van der Waals surface area contributed by atoms with Gasteiger partial charge in [-0.05, 0) is 37.3 Å². The van der Waals surface area contributed by atoms with Crippen LogP contribution in [0.1, 0.15) is 22.8 Å². The largest absolute Gasteiger partial charge is 0.462 e. The molecular weight excluding hydrogens is 327 g/mol. The van der Waals surface area contributed by atoms with Crippen LogP contribution in [-0.4, -0.2) is 12.6 Å². The number of esters is 1. The summed E-state index contributed by atoms with van der Waals surface area (Å²) in [4.78, 5) is 13.4. The van der Waals surface area contributed by atoms with Crippen LogP contribution in [0.3, 0.4) is 0 Å². The summed E-state index contributed by atoms with van der Waals surface area (Å²) in [5, 5.41) is 2.94. The molecule has 2 aromatic carbocycles. The fraction of sp³-hybridized carbons (Fsp3) is 0.188. The molecule has 23 heavy (non-hydrogen) atoms. The summed E-state index contributed by atoms with van der Waals surface area (Å²) in [6.07, 6.45) is -4.41. The Hall–Kier alpha value is -2.15. The van der Waals surface area contributed by atoms with E-state index in [1.165, 1.54) is 17.8 Å². The first-order valence-corrected chi connectivity index (χ1v) is 7.68. The number of halogens is 3. The number of benzene rings is 2. The van der Waals surface area contributed by atoms with Crippen LogP contribution in [0, 0.1) is 0 Å². The van der Waals surface area contributed by atoms with Crippen LogP contribution in [0.15, 0.2) is 46.2 Å². The fourth-order valence-corrected chi connectivity index (χ4v) is 3.27. The molecule has 0 aliphatic carbocycles. The topological polar surface area (TPSA) is 38.3 Å². The van der Waals surface area contributed by atoms with E-state index < -0.39 is 17.7 Å². The number of nitrogens with one attached hydrogen (secondary N) is 1. The molecule has 120 valence electrons. The van der Waals surface area contributed by atoms with E-state index in [9.17, 15) is 18.0 Å². The molecule has 0 aromatic heterocycles. The van der Waals surface area contributed by atoms with Crippen LogP contribution in [0.5, 0.6) is 0 Å². The Morgan fingerprint density at radius 1 is 1.22 bits per heavy atom. The molecule has 0 atom stereocenters. The van der Waals surface area contributed by atoms with Crippen molar-refractivity contribution in [2.24, 2.45) is 0 Å². The molecule has 3 nitrogen and oxygen atoms in total. The van der Waals surface area contributed by atoms with E-state index >= 15 is 0 Å². The lowest BCUT2D eigenvalue weighted by Crippen LogP contribution is -2.12. The zero-order chi connectivity index (χ0) is 16.6. The van der Waals surface area contributed by atoms with Gasteiger partial charge in [0.25, 0.3) is 0 Å². The van der Waals surface area contributed by atoms with Gasteiger partial charge >= 0.3 is 12.1 Å². The number of hydrogen-bond donors (Lipinski definition) is 1. The van der Waals surface area contributed by atoms with Crippen LogP contribution in [-0.2, 0) is 10.9 Å². The highest BCUT2D eigenvalue weighted by Crippen LogP contribution is 2.47. The summed E-state index contributed by atoms with van der Waals surface area (Å²) in [5.74, 6) is -0.507. The second kappa shape index (κ2) is 5.81. The number of alkyl halides is 3. The standard InChI is InChI=1S/C16H12F3NO2S/c1-2-22-15(21)10-4-3-5-13-14(10)20-11-8-9(16(17,18)19)6-7-12(11)23-13/h3-8,20H,2H2,1H3. The van der Waals surface area contributed by atoms with E-state index in [-0.39, 0.29) is 6.61 Å². The van der Waals surface area contributed by atoms with Gasteiger partial charge < -0.3 is 10.1 Å². The van der Waals surface area contributed by atoms with Crippen LogP contribution in [0.25, 0.3) is 0 Å². The molecule has 2 aromatic rings. The average molecular weight is 339 g/mol. The summed E-state index contributed by atoms with van der Waals surface area (Å²) in [5.41, 5.74) is 0.373. The zero-order valence-corrected chi connectivity index (χ0v) is 12.8. The van der Waals surface area contributed by atoms with E-state index in [1.54, 1.807) is 25.1 Å². The Balaban J connectivity index is 2.02. The van der Waals surface area contributed by atoms with Crippen molar-refractivity contribution in [1.29, 1.82) is 0 Å². The summed E-state index contributed by atoms with van der Waals surface area (Å²) in [7, 11) is 0. The number of anilines is 2. The maximum Gasteiger partial charge on any atom is 0.416 e. The van der Waals surface area contributed by atoms with Gasteiger partial charge in [0.1, 0.15) is 0 Å². The Bertz CT molecular complexity index is 774. The molecule has 0 amide bonds. The SMILES string of the molecule is CCOC(=O)c1cccc2c1Nc1cc(C(F)(F)F)ccc1S2. The predicted molar refractivity (Wildman–Crippen MR) is 81.2 cm³/mol. The Morgan fingerprint density at radius 3 is 2.70 bits per heavy atom. The second-order valence-corrected chi connectivity index (χ2v) is 5.92. The lowest BCUT2D eigenvalue weighted by atomic mass is 10.1. The van der Waals surface area contributed by atoms with Crippen molar-refractivity contribution in [3.05, 3.63) is 47.5 Å². The second-order valence-electron chi connectivity index (χ2n) is 4.83. The van der Waals surface area contributed by atoms with Gasteiger partial charge in [0.2, 0.25) is 0 Å². The first-order chi connectivity index (χ1) is 10.9. The normalized spacial score (nSPS) is 12.9. The molecule has 0 saturated heterocycles. The highest BCUT2D eigenvalue weighted by atomic mass is 32.2. The van der Waals surface area contributed by atoms with E-state index in [0.717, 1.165) is 17.0 Å². The molecule has 0 spiro atoms. The minimum Gasteiger partial charge on any atom is -0.462 e. The quantitative estimate of drug-likeness (QED) is 0.660. The third-order valence-electron chi connectivity index (χ3n) is 3.31. The van der Waals surface area contributed by atoms with Crippen LogP contribution >= 0.6 is 11.8 Å². The molecule has 0 bridgehead atoms. The van der Waals surface area contributed by atoms with Gasteiger partial charge in [0.05, 0.1) is 29.1 Å². The summed E-state index contributed by atoms with van der Waals surface area (Å²) >= 11 is 1.31. The molecule has 7 heteroatoms. The summed E-state index contributed by atoms with van der Waals surface area (Å²) < 4.78 is 43.6. The highest BCUT2D eigenvalue weighted by molar-refractivity contribution is 7.99. The van der Waals surface area contributed by atoms with Gasteiger partial charge in [0.15, 0.2) is 0 Å². The highest BCUT2D eigenvalue weighted by Gasteiger charge is 2.32. The molecule has 0 radical (unpaired) electrons. The minimum atomic E-state index is -4.41. The van der Waals surface area contributed by atoms with Crippen molar-refractivity contribution < 1.29 is 22.7 Å². The maximum absolute atomic E-state index is 12.9. The van der Waals surface area contributed by atoms with Crippen LogP contribution in [0.2, 0.25) is 0 Å². The van der Waals surface area contributed by atoms with Crippen LogP contribution in [0.4, 0.5) is 24.5 Å². The molecule has 0 fully saturated rings. The van der Waals surface area contributed by atoms with Gasteiger partial charge in [-0.1, -0.05) is 17.8 Å². The minimum absolute atomic E-state index is 0.227. The number of ether oxygens (including phenoxy) is 1. The molecule has 0 saturated carbocycles. The van der Waals surface area contributed by atoms with Gasteiger partial charge in [-0.15, -0.1) is 0 Å². The van der Waals surface area contributed by atoms with Gasteiger partial charge in [-0.2, -0.15) is 13.2 Å². The van der Waals surface area contributed by atoms with Crippen molar-refractivity contribution in [1.82, 2.24) is 0 Å². The van der Waals surface area contributed by atoms with Crippen molar-refractivity contribution in [2.75, 3.05) is 11.9 Å². The molecule has 0 unspecified atom stereocenters. The summed E-state index contributed by atoms with van der Waals surface area (Å²) in [6, 6.07) is 8.63. The Kier molecular flexibility index (Phi) is 3.97. The maximum atomic E-state index is 12.9. The lowest BCUT2D eigenvalue weighted by Gasteiger charge is -2.23. The average Bonchev–Trinajstić information content (AvgIpc) is 2.51. The van der Waals surface area contributed by atoms with E-state index in [2.05, 4.69) is 5.32 Å². The number of carbonyl (C=O) groups excluding carboxylic acids is 1. The van der Waals surface area contributed by atoms with E-state index in [4.69, 9.17) is 4.74 Å². The molecule has 1 N–H and O–H groups in total. The zero-order valence-electron chi connectivity index (χ0n) is 12.0. The van der Waals surface area contributed by atoms with Crippen molar-refractivity contribution in [2.45, 2.75) is 22.9 Å². The lowest BCUT2D eigenvalue weighted by molar-refractivity contribution is -0.137. The molecule has 3 rings (SSSR count). The third-order valence-corrected chi connectivity index (χ3v) is 4.44. The number of hydrogen-bond acceptors (Lipinski definition) is 4. The number of rotatable bonds is 2. The van der Waals surface area contributed by atoms with E-state index in [0.29, 0.717) is 21.8 Å². The molecule has 1 aliphatic heterocycles. The van der Waals surface area contributed by atoms with Gasteiger partial charge in [-0.25, -0.2) is 4.79 Å². The van der Waals surface area contributed by atoms with Crippen molar-refractivity contribution in [3.8, 4) is 0 Å². The van der Waals surface area contributed by atoms with Crippen molar-refractivity contribution in [3.63, 3.8) is 0 Å². The molecular formula is C16H12F3NO2S. The monoisotopic (exact) mass is 339 g/mol. The van der Waals surface area contributed by atoms with Gasteiger partial charge in [-0.3, -0.25) is 0 Å². The number of fused-ring (bicyclic) bond motifs is 2. The Labute approximate surface area is 134 Å². The first kappa shape index (κ1) is 15.7.